The Labute approximate surface area is 117 Å². The molecular formula is C12H16ClFN2O2S. The summed E-state index contributed by atoms with van der Waals surface area (Å²) in [5, 5.41) is 3.05. The number of nitrogens with one attached hydrogen (secondary N) is 1. The molecule has 1 aliphatic rings. The minimum Gasteiger partial charge on any atom is -0.314 e. The van der Waals surface area contributed by atoms with E-state index >= 15 is 0 Å². The highest BCUT2D eigenvalue weighted by Crippen LogP contribution is 2.28. The van der Waals surface area contributed by atoms with Gasteiger partial charge in [-0.25, -0.2) is 12.8 Å². The standard InChI is InChI=1S/C12H16ClFN2O2S/c1-8-5-12(10(13)6-11(8)14)19(17,18)16-4-3-15-7-9(16)2/h5-6,9,15H,3-4,7H2,1-2H3/t9-/m0/s1. The predicted molar refractivity (Wildman–Crippen MR) is 72.4 cm³/mol. The average molecular weight is 307 g/mol. The zero-order chi connectivity index (χ0) is 14.2. The van der Waals surface area contributed by atoms with Crippen molar-refractivity contribution in [1.82, 2.24) is 9.62 Å². The molecule has 1 N–H and O–H groups in total. The van der Waals surface area contributed by atoms with Crippen LogP contribution in [0.25, 0.3) is 0 Å². The van der Waals surface area contributed by atoms with E-state index in [1.54, 1.807) is 0 Å². The van der Waals surface area contributed by atoms with Gasteiger partial charge in [0, 0.05) is 25.7 Å². The average Bonchev–Trinajstić information content (AvgIpc) is 2.34. The van der Waals surface area contributed by atoms with Crippen LogP contribution in [0.5, 0.6) is 0 Å². The molecule has 1 heterocycles. The van der Waals surface area contributed by atoms with Crippen molar-refractivity contribution in [2.75, 3.05) is 19.6 Å². The molecule has 1 aromatic carbocycles. The summed E-state index contributed by atoms with van der Waals surface area (Å²) >= 11 is 5.89. The third-order valence-corrected chi connectivity index (χ3v) is 5.72. The maximum Gasteiger partial charge on any atom is 0.244 e. The zero-order valence-corrected chi connectivity index (χ0v) is 12.4. The van der Waals surface area contributed by atoms with Crippen molar-refractivity contribution in [3.8, 4) is 0 Å². The molecule has 1 fully saturated rings. The number of benzene rings is 1. The Morgan fingerprint density at radius 2 is 2.16 bits per heavy atom. The first-order chi connectivity index (χ1) is 8.84. The molecule has 0 aliphatic carbocycles. The summed E-state index contributed by atoms with van der Waals surface area (Å²) in [6.07, 6.45) is 0. The Kier molecular flexibility index (Phi) is 4.15. The summed E-state index contributed by atoms with van der Waals surface area (Å²) in [5.41, 5.74) is 0.269. The first-order valence-electron chi connectivity index (χ1n) is 6.02. The molecule has 1 aromatic rings. The molecule has 2 rings (SSSR count). The summed E-state index contributed by atoms with van der Waals surface area (Å²) in [6, 6.07) is 2.19. The molecule has 1 aliphatic heterocycles. The van der Waals surface area contributed by atoms with Gasteiger partial charge in [-0.3, -0.25) is 0 Å². The van der Waals surface area contributed by atoms with Gasteiger partial charge in [-0.1, -0.05) is 11.6 Å². The van der Waals surface area contributed by atoms with Gasteiger partial charge >= 0.3 is 0 Å². The van der Waals surface area contributed by atoms with Gasteiger partial charge in [-0.15, -0.1) is 0 Å². The molecule has 1 atom stereocenters. The van der Waals surface area contributed by atoms with Gasteiger partial charge in [0.25, 0.3) is 0 Å². The predicted octanol–water partition coefficient (Wildman–Crippen LogP) is 1.77. The molecule has 106 valence electrons. The van der Waals surface area contributed by atoms with Crippen molar-refractivity contribution in [3.05, 3.63) is 28.5 Å². The fourth-order valence-electron chi connectivity index (χ4n) is 2.13. The van der Waals surface area contributed by atoms with E-state index < -0.39 is 15.8 Å². The van der Waals surface area contributed by atoms with Crippen LogP contribution in [0.4, 0.5) is 4.39 Å². The smallest absolute Gasteiger partial charge is 0.244 e. The van der Waals surface area contributed by atoms with Crippen molar-refractivity contribution in [2.45, 2.75) is 24.8 Å². The number of sulfonamides is 1. The van der Waals surface area contributed by atoms with E-state index in [0.29, 0.717) is 19.6 Å². The van der Waals surface area contributed by atoms with E-state index in [-0.39, 0.29) is 21.5 Å². The molecule has 7 heteroatoms. The minimum absolute atomic E-state index is 0.0261. The van der Waals surface area contributed by atoms with Crippen molar-refractivity contribution in [3.63, 3.8) is 0 Å². The Hall–Kier alpha value is -0.690. The molecule has 0 saturated carbocycles. The highest BCUT2D eigenvalue weighted by molar-refractivity contribution is 7.89. The van der Waals surface area contributed by atoms with Crippen LogP contribution in [0.3, 0.4) is 0 Å². The summed E-state index contributed by atoms with van der Waals surface area (Å²) < 4.78 is 39.9. The Balaban J connectivity index is 2.47. The van der Waals surface area contributed by atoms with E-state index in [4.69, 9.17) is 11.6 Å². The van der Waals surface area contributed by atoms with E-state index in [0.717, 1.165) is 6.07 Å². The van der Waals surface area contributed by atoms with Crippen LogP contribution < -0.4 is 5.32 Å². The second kappa shape index (κ2) is 5.36. The third-order valence-electron chi connectivity index (χ3n) is 3.24. The molecule has 0 spiro atoms. The first kappa shape index (κ1) is 14.7. The normalized spacial score (nSPS) is 21.6. The number of hydrogen-bond acceptors (Lipinski definition) is 3. The van der Waals surface area contributed by atoms with Crippen molar-refractivity contribution in [2.24, 2.45) is 0 Å². The highest BCUT2D eigenvalue weighted by Gasteiger charge is 2.32. The van der Waals surface area contributed by atoms with E-state index in [9.17, 15) is 12.8 Å². The van der Waals surface area contributed by atoms with Crippen LogP contribution in [0.15, 0.2) is 17.0 Å². The number of hydrogen-bond donors (Lipinski definition) is 1. The Morgan fingerprint density at radius 1 is 1.47 bits per heavy atom. The Bertz CT molecular complexity index is 592. The van der Waals surface area contributed by atoms with Crippen LogP contribution in [0, 0.1) is 12.7 Å². The molecule has 0 amide bonds. The molecule has 19 heavy (non-hydrogen) atoms. The molecule has 0 unspecified atom stereocenters. The lowest BCUT2D eigenvalue weighted by atomic mass is 10.2. The molecule has 0 aromatic heterocycles. The number of halogens is 2. The number of nitrogens with zero attached hydrogens (tertiary/aromatic N) is 1. The molecule has 4 nitrogen and oxygen atoms in total. The number of piperazine rings is 1. The summed E-state index contributed by atoms with van der Waals surface area (Å²) in [6.45, 7) is 4.93. The van der Waals surface area contributed by atoms with Gasteiger partial charge in [0.2, 0.25) is 10.0 Å². The lowest BCUT2D eigenvalue weighted by Crippen LogP contribution is -2.52. The van der Waals surface area contributed by atoms with E-state index in [1.807, 2.05) is 6.92 Å². The van der Waals surface area contributed by atoms with Crippen LogP contribution in [0.2, 0.25) is 5.02 Å². The second-order valence-electron chi connectivity index (χ2n) is 4.70. The first-order valence-corrected chi connectivity index (χ1v) is 7.84. The van der Waals surface area contributed by atoms with Gasteiger partial charge in [-0.05, 0) is 31.5 Å². The van der Waals surface area contributed by atoms with Crippen molar-refractivity contribution < 1.29 is 12.8 Å². The van der Waals surface area contributed by atoms with Gasteiger partial charge < -0.3 is 5.32 Å². The maximum absolute atomic E-state index is 13.4. The van der Waals surface area contributed by atoms with Gasteiger partial charge in [0.05, 0.1) is 5.02 Å². The lowest BCUT2D eigenvalue weighted by Gasteiger charge is -2.33. The van der Waals surface area contributed by atoms with Crippen LogP contribution >= 0.6 is 11.6 Å². The number of rotatable bonds is 2. The largest absolute Gasteiger partial charge is 0.314 e. The summed E-state index contributed by atoms with van der Waals surface area (Å²) in [5.74, 6) is -0.502. The van der Waals surface area contributed by atoms with Gasteiger partial charge in [-0.2, -0.15) is 4.31 Å². The van der Waals surface area contributed by atoms with E-state index in [1.165, 1.54) is 17.3 Å². The molecular weight excluding hydrogens is 291 g/mol. The van der Waals surface area contributed by atoms with Crippen LogP contribution in [-0.2, 0) is 10.0 Å². The fourth-order valence-corrected chi connectivity index (χ4v) is 4.34. The number of aryl methyl sites for hydroxylation is 1. The quantitative estimate of drug-likeness (QED) is 0.906. The summed E-state index contributed by atoms with van der Waals surface area (Å²) in [4.78, 5) is -0.0261. The third kappa shape index (κ3) is 2.76. The highest BCUT2D eigenvalue weighted by atomic mass is 35.5. The fraction of sp³-hybridized carbons (Fsp3) is 0.500. The van der Waals surface area contributed by atoms with Crippen LogP contribution in [-0.4, -0.2) is 38.4 Å². The lowest BCUT2D eigenvalue weighted by molar-refractivity contribution is 0.284. The van der Waals surface area contributed by atoms with E-state index in [2.05, 4.69) is 5.32 Å². The van der Waals surface area contributed by atoms with Gasteiger partial charge in [0.15, 0.2) is 0 Å². The van der Waals surface area contributed by atoms with Gasteiger partial charge in [0.1, 0.15) is 10.7 Å². The zero-order valence-electron chi connectivity index (χ0n) is 10.8. The molecule has 0 radical (unpaired) electrons. The second-order valence-corrected chi connectivity index (χ2v) is 6.97. The molecule has 1 saturated heterocycles. The van der Waals surface area contributed by atoms with Crippen LogP contribution in [0.1, 0.15) is 12.5 Å². The monoisotopic (exact) mass is 306 g/mol. The van der Waals surface area contributed by atoms with Crippen molar-refractivity contribution >= 4 is 21.6 Å². The Morgan fingerprint density at radius 3 is 2.79 bits per heavy atom. The SMILES string of the molecule is Cc1cc(S(=O)(=O)N2CCNC[C@@H]2C)c(Cl)cc1F. The molecule has 0 bridgehead atoms. The summed E-state index contributed by atoms with van der Waals surface area (Å²) in [7, 11) is -3.69. The maximum atomic E-state index is 13.4. The van der Waals surface area contributed by atoms with Crippen molar-refractivity contribution in [1.29, 1.82) is 0 Å². The minimum atomic E-state index is -3.69. The topological polar surface area (TPSA) is 49.4 Å².